The van der Waals surface area contributed by atoms with E-state index in [1.165, 1.54) is 12.1 Å². The van der Waals surface area contributed by atoms with Crippen molar-refractivity contribution in [1.82, 2.24) is 15.2 Å². The third kappa shape index (κ3) is 4.30. The van der Waals surface area contributed by atoms with Gasteiger partial charge in [0.05, 0.1) is 0 Å². The molecule has 1 aliphatic rings. The van der Waals surface area contributed by atoms with Crippen molar-refractivity contribution in [1.29, 1.82) is 0 Å². The van der Waals surface area contributed by atoms with E-state index in [1.807, 2.05) is 30.3 Å². The molecular weight excluding hydrogens is 397 g/mol. The van der Waals surface area contributed by atoms with Crippen LogP contribution in [0.15, 0.2) is 60.8 Å². The Bertz CT molecular complexity index is 1140. The van der Waals surface area contributed by atoms with Gasteiger partial charge in [-0.15, -0.1) is 0 Å². The van der Waals surface area contributed by atoms with Gasteiger partial charge >= 0.3 is 12.0 Å². The van der Waals surface area contributed by atoms with Crippen molar-refractivity contribution in [2.45, 2.75) is 25.3 Å². The highest BCUT2D eigenvalue weighted by molar-refractivity contribution is 5.87. The van der Waals surface area contributed by atoms with Crippen molar-refractivity contribution < 1.29 is 19.1 Å². The summed E-state index contributed by atoms with van der Waals surface area (Å²) in [5.74, 6) is -1.79. The van der Waals surface area contributed by atoms with Crippen LogP contribution < -0.4 is 5.32 Å². The number of hydrogen-bond donors (Lipinski definition) is 3. The zero-order valence-corrected chi connectivity index (χ0v) is 17.1. The Labute approximate surface area is 179 Å². The minimum absolute atomic E-state index is 0.287. The van der Waals surface area contributed by atoms with Gasteiger partial charge in [-0.3, -0.25) is 0 Å². The lowest BCUT2D eigenvalue weighted by molar-refractivity contribution is -0.139. The molecule has 3 aromatic rings. The average Bonchev–Trinajstić information content (AvgIpc) is 3.21. The number of aliphatic carboxylic acids is 1. The van der Waals surface area contributed by atoms with Crippen LogP contribution in [0.2, 0.25) is 0 Å². The number of carbonyl (C=O) groups excluding carboxylic acids is 1. The molecule has 2 aromatic carbocycles. The van der Waals surface area contributed by atoms with Gasteiger partial charge in [0.25, 0.3) is 0 Å². The van der Waals surface area contributed by atoms with Crippen molar-refractivity contribution in [3.63, 3.8) is 0 Å². The molecule has 7 heteroatoms. The molecule has 160 valence electrons. The first kappa shape index (κ1) is 20.7. The second-order valence-corrected chi connectivity index (χ2v) is 7.78. The van der Waals surface area contributed by atoms with Gasteiger partial charge in [0.1, 0.15) is 11.9 Å². The number of aromatic amines is 1. The number of H-pyrrole nitrogens is 1. The summed E-state index contributed by atoms with van der Waals surface area (Å²) in [6.07, 6.45) is 4.35. The SMILES string of the molecule is C[C@@H](c1c[nH]c2ccccc12)[C@@H](NC(=O)N1CC=C(c2ccc(F)cc2)CC1)C(=O)O. The number of carboxylic acid groups (broad SMARTS) is 1. The van der Waals surface area contributed by atoms with Gasteiger partial charge in [0, 0.05) is 36.1 Å². The quantitative estimate of drug-likeness (QED) is 0.572. The number of carboxylic acids is 1. The molecule has 0 saturated carbocycles. The lowest BCUT2D eigenvalue weighted by atomic mass is 9.93. The first-order valence-electron chi connectivity index (χ1n) is 10.2. The monoisotopic (exact) mass is 421 g/mol. The molecule has 6 nitrogen and oxygen atoms in total. The number of halogens is 1. The fourth-order valence-electron chi connectivity index (χ4n) is 4.05. The predicted octanol–water partition coefficient (Wildman–Crippen LogP) is 4.36. The zero-order chi connectivity index (χ0) is 22.0. The Hall–Kier alpha value is -3.61. The van der Waals surface area contributed by atoms with E-state index in [9.17, 15) is 19.1 Å². The number of aromatic nitrogens is 1. The molecule has 3 N–H and O–H groups in total. The molecule has 0 bridgehead atoms. The van der Waals surface area contributed by atoms with E-state index in [4.69, 9.17) is 0 Å². The van der Waals surface area contributed by atoms with Crippen LogP contribution >= 0.6 is 0 Å². The molecule has 31 heavy (non-hydrogen) atoms. The molecular formula is C24H24FN3O3. The lowest BCUT2D eigenvalue weighted by Crippen LogP contribution is -2.50. The maximum atomic E-state index is 13.1. The minimum atomic E-state index is -1.08. The van der Waals surface area contributed by atoms with E-state index in [0.29, 0.717) is 19.5 Å². The van der Waals surface area contributed by atoms with E-state index in [-0.39, 0.29) is 5.82 Å². The second-order valence-electron chi connectivity index (χ2n) is 7.78. The number of amides is 2. The topological polar surface area (TPSA) is 85.4 Å². The summed E-state index contributed by atoms with van der Waals surface area (Å²) in [5.41, 5.74) is 3.75. The van der Waals surface area contributed by atoms with Gasteiger partial charge in [-0.1, -0.05) is 43.3 Å². The smallest absolute Gasteiger partial charge is 0.326 e. The number of para-hydroxylation sites is 1. The van der Waals surface area contributed by atoms with E-state index in [2.05, 4.69) is 10.3 Å². The first-order valence-corrected chi connectivity index (χ1v) is 10.2. The van der Waals surface area contributed by atoms with Crippen LogP contribution in [0.3, 0.4) is 0 Å². The van der Waals surface area contributed by atoms with Gasteiger partial charge < -0.3 is 20.3 Å². The van der Waals surface area contributed by atoms with Gasteiger partial charge in [-0.05, 0) is 41.3 Å². The van der Waals surface area contributed by atoms with Crippen molar-refractivity contribution in [3.8, 4) is 0 Å². The fourth-order valence-corrected chi connectivity index (χ4v) is 4.05. The number of carbonyl (C=O) groups is 2. The molecule has 1 aliphatic heterocycles. The van der Waals surface area contributed by atoms with Crippen molar-refractivity contribution in [2.24, 2.45) is 0 Å². The molecule has 2 amide bonds. The summed E-state index contributed by atoms with van der Waals surface area (Å²) in [6, 6.07) is 12.5. The van der Waals surface area contributed by atoms with Crippen LogP contribution in [0, 0.1) is 5.82 Å². The maximum absolute atomic E-state index is 13.1. The van der Waals surface area contributed by atoms with Crippen molar-refractivity contribution >= 4 is 28.5 Å². The molecule has 2 atom stereocenters. The van der Waals surface area contributed by atoms with E-state index < -0.39 is 24.0 Å². The van der Waals surface area contributed by atoms with Crippen LogP contribution in [-0.4, -0.2) is 46.1 Å². The van der Waals surface area contributed by atoms with E-state index in [1.54, 1.807) is 30.2 Å². The molecule has 0 aliphatic carbocycles. The highest BCUT2D eigenvalue weighted by Crippen LogP contribution is 2.28. The highest BCUT2D eigenvalue weighted by atomic mass is 19.1. The summed E-state index contributed by atoms with van der Waals surface area (Å²) in [5, 5.41) is 13.4. The van der Waals surface area contributed by atoms with Crippen molar-refractivity contribution in [2.75, 3.05) is 13.1 Å². The van der Waals surface area contributed by atoms with Gasteiger partial charge in [-0.2, -0.15) is 0 Å². The number of nitrogens with zero attached hydrogens (tertiary/aromatic N) is 1. The number of benzene rings is 2. The third-order valence-corrected chi connectivity index (χ3v) is 5.87. The average molecular weight is 421 g/mol. The van der Waals surface area contributed by atoms with Crippen LogP contribution in [-0.2, 0) is 4.79 Å². The normalized spacial score (nSPS) is 15.9. The molecule has 0 spiro atoms. The fraction of sp³-hybridized carbons (Fsp3) is 0.250. The van der Waals surface area contributed by atoms with E-state index in [0.717, 1.165) is 27.6 Å². The Morgan fingerprint density at radius 3 is 2.58 bits per heavy atom. The first-order chi connectivity index (χ1) is 14.9. The molecule has 2 heterocycles. The van der Waals surface area contributed by atoms with Gasteiger partial charge in [0.2, 0.25) is 0 Å². The predicted molar refractivity (Wildman–Crippen MR) is 117 cm³/mol. The lowest BCUT2D eigenvalue weighted by Gasteiger charge is -2.29. The van der Waals surface area contributed by atoms with E-state index >= 15 is 0 Å². The van der Waals surface area contributed by atoms with Gasteiger partial charge in [0.15, 0.2) is 0 Å². The van der Waals surface area contributed by atoms with Gasteiger partial charge in [-0.25, -0.2) is 14.0 Å². The summed E-state index contributed by atoms with van der Waals surface area (Å²) >= 11 is 0. The molecule has 0 radical (unpaired) electrons. The summed E-state index contributed by atoms with van der Waals surface area (Å²) in [6.45, 7) is 2.63. The maximum Gasteiger partial charge on any atom is 0.326 e. The minimum Gasteiger partial charge on any atom is -0.480 e. The molecule has 4 rings (SSSR count). The van der Waals surface area contributed by atoms with Crippen LogP contribution in [0.25, 0.3) is 16.5 Å². The molecule has 1 aromatic heterocycles. The Kier molecular flexibility index (Phi) is 5.75. The largest absolute Gasteiger partial charge is 0.480 e. The third-order valence-electron chi connectivity index (χ3n) is 5.87. The molecule has 0 unspecified atom stereocenters. The van der Waals surface area contributed by atoms with Crippen LogP contribution in [0.5, 0.6) is 0 Å². The number of urea groups is 1. The number of nitrogens with one attached hydrogen (secondary N) is 2. The molecule has 0 fully saturated rings. The summed E-state index contributed by atoms with van der Waals surface area (Å²) in [7, 11) is 0. The standard InChI is InChI=1S/C24H24FN3O3/c1-15(20-14-26-21-5-3-2-4-19(20)21)22(23(29)30)27-24(31)28-12-10-17(11-13-28)16-6-8-18(25)9-7-16/h2-10,14-15,22,26H,11-13H2,1H3,(H,27,31)(H,29,30)/t15-,22+/m0/s1. The Balaban J connectivity index is 1.46. The summed E-state index contributed by atoms with van der Waals surface area (Å²) < 4.78 is 13.1. The number of hydrogen-bond acceptors (Lipinski definition) is 2. The number of fused-ring (bicyclic) bond motifs is 1. The Morgan fingerprint density at radius 1 is 1.16 bits per heavy atom. The molecule has 0 saturated heterocycles. The van der Waals surface area contributed by atoms with Crippen molar-refractivity contribution in [3.05, 3.63) is 77.7 Å². The second kappa shape index (κ2) is 8.63. The highest BCUT2D eigenvalue weighted by Gasteiger charge is 2.31. The summed E-state index contributed by atoms with van der Waals surface area (Å²) in [4.78, 5) is 29.5. The van der Waals surface area contributed by atoms with Crippen LogP contribution in [0.1, 0.15) is 30.4 Å². The Morgan fingerprint density at radius 2 is 1.90 bits per heavy atom. The zero-order valence-electron chi connectivity index (χ0n) is 17.1. The number of rotatable bonds is 5. The van der Waals surface area contributed by atoms with Crippen LogP contribution in [0.4, 0.5) is 9.18 Å².